The van der Waals surface area contributed by atoms with Gasteiger partial charge in [-0.05, 0) is 31.9 Å². The van der Waals surface area contributed by atoms with E-state index in [9.17, 15) is 0 Å². The topological polar surface area (TPSA) is 37.4 Å². The van der Waals surface area contributed by atoms with Gasteiger partial charge >= 0.3 is 0 Å². The van der Waals surface area contributed by atoms with Crippen LogP contribution in [0, 0.1) is 0 Å². The van der Waals surface area contributed by atoms with Crippen molar-refractivity contribution in [1.29, 1.82) is 0 Å². The number of anilines is 1. The van der Waals surface area contributed by atoms with Crippen LogP contribution >= 0.6 is 0 Å². The zero-order chi connectivity index (χ0) is 12.8. The Morgan fingerprint density at radius 3 is 3.17 bits per heavy atom. The fourth-order valence-corrected chi connectivity index (χ4v) is 2.39. The molecule has 4 nitrogen and oxygen atoms in total. The lowest BCUT2D eigenvalue weighted by Crippen LogP contribution is -2.46. The number of pyridine rings is 1. The van der Waals surface area contributed by atoms with E-state index in [1.807, 2.05) is 12.1 Å². The molecule has 1 saturated heterocycles. The van der Waals surface area contributed by atoms with Crippen LogP contribution in [0.15, 0.2) is 18.2 Å². The van der Waals surface area contributed by atoms with E-state index in [1.165, 1.54) is 19.3 Å². The smallest absolute Gasteiger partial charge is 0.214 e. The van der Waals surface area contributed by atoms with Gasteiger partial charge in [0.15, 0.2) is 0 Å². The number of nitrogens with zero attached hydrogens (tertiary/aromatic N) is 2. The van der Waals surface area contributed by atoms with Crippen molar-refractivity contribution in [3.05, 3.63) is 18.2 Å². The average molecular weight is 249 g/mol. The van der Waals surface area contributed by atoms with Crippen LogP contribution in [0.25, 0.3) is 0 Å². The third-order valence-electron chi connectivity index (χ3n) is 3.35. The number of aromatic nitrogens is 1. The van der Waals surface area contributed by atoms with Gasteiger partial charge in [0.2, 0.25) is 5.88 Å². The molecule has 2 rings (SSSR count). The van der Waals surface area contributed by atoms with Crippen molar-refractivity contribution in [3.8, 4) is 5.88 Å². The lowest BCUT2D eigenvalue weighted by Gasteiger charge is -2.34. The predicted octanol–water partition coefficient (Wildman–Crippen LogP) is 2.06. The minimum Gasteiger partial charge on any atom is -0.481 e. The fraction of sp³-hybridized carbons (Fsp3) is 0.643. The average Bonchev–Trinajstić information content (AvgIpc) is 2.45. The van der Waals surface area contributed by atoms with Crippen molar-refractivity contribution in [2.24, 2.45) is 0 Å². The van der Waals surface area contributed by atoms with Gasteiger partial charge in [0.05, 0.1) is 7.11 Å². The Morgan fingerprint density at radius 1 is 1.50 bits per heavy atom. The Kier molecular flexibility index (Phi) is 4.81. The summed E-state index contributed by atoms with van der Waals surface area (Å²) in [5.74, 6) is 1.72. The standard InChI is InChI=1S/C14H23N3O/c1-3-9-15-12-6-5-10-17(11-12)13-7-4-8-14(16-13)18-2/h4,7-8,12,15H,3,5-6,9-11H2,1-2H3. The number of nitrogens with one attached hydrogen (secondary N) is 1. The van der Waals surface area contributed by atoms with Crippen LogP contribution in [-0.4, -0.2) is 37.8 Å². The second-order valence-electron chi connectivity index (χ2n) is 4.78. The van der Waals surface area contributed by atoms with Gasteiger partial charge in [-0.2, -0.15) is 4.98 Å². The Labute approximate surface area is 109 Å². The van der Waals surface area contributed by atoms with Gasteiger partial charge in [-0.15, -0.1) is 0 Å². The van der Waals surface area contributed by atoms with E-state index in [0.29, 0.717) is 11.9 Å². The van der Waals surface area contributed by atoms with Gasteiger partial charge in [-0.3, -0.25) is 0 Å². The molecule has 0 saturated carbocycles. The summed E-state index contributed by atoms with van der Waals surface area (Å²) in [7, 11) is 1.66. The molecular weight excluding hydrogens is 226 g/mol. The highest BCUT2D eigenvalue weighted by molar-refractivity contribution is 5.41. The monoisotopic (exact) mass is 249 g/mol. The molecule has 0 radical (unpaired) electrons. The Hall–Kier alpha value is -1.29. The number of hydrogen-bond donors (Lipinski definition) is 1. The third kappa shape index (κ3) is 3.35. The number of piperidine rings is 1. The Morgan fingerprint density at radius 2 is 2.39 bits per heavy atom. The summed E-state index contributed by atoms with van der Waals surface area (Å²) in [6, 6.07) is 6.54. The molecule has 18 heavy (non-hydrogen) atoms. The third-order valence-corrected chi connectivity index (χ3v) is 3.35. The van der Waals surface area contributed by atoms with Gasteiger partial charge in [0.1, 0.15) is 5.82 Å². The zero-order valence-corrected chi connectivity index (χ0v) is 11.4. The molecule has 1 aliphatic heterocycles. The molecule has 1 N–H and O–H groups in total. The summed E-state index contributed by atoms with van der Waals surface area (Å²) in [5.41, 5.74) is 0. The normalized spacial score (nSPS) is 19.9. The van der Waals surface area contributed by atoms with Crippen molar-refractivity contribution in [1.82, 2.24) is 10.3 Å². The lowest BCUT2D eigenvalue weighted by atomic mass is 10.1. The van der Waals surface area contributed by atoms with Crippen molar-refractivity contribution in [3.63, 3.8) is 0 Å². The summed E-state index contributed by atoms with van der Waals surface area (Å²) >= 11 is 0. The van der Waals surface area contributed by atoms with Crippen LogP contribution < -0.4 is 15.0 Å². The first-order chi connectivity index (χ1) is 8.83. The first-order valence-electron chi connectivity index (χ1n) is 6.83. The van der Waals surface area contributed by atoms with E-state index in [2.05, 4.69) is 28.2 Å². The van der Waals surface area contributed by atoms with E-state index < -0.39 is 0 Å². The maximum atomic E-state index is 5.18. The molecule has 1 atom stereocenters. The SMILES string of the molecule is CCCNC1CCCN(c2cccc(OC)n2)C1. The molecular formula is C14H23N3O. The highest BCUT2D eigenvalue weighted by Crippen LogP contribution is 2.20. The van der Waals surface area contributed by atoms with Crippen LogP contribution in [0.2, 0.25) is 0 Å². The fourth-order valence-electron chi connectivity index (χ4n) is 2.39. The van der Waals surface area contributed by atoms with Crippen molar-refractivity contribution < 1.29 is 4.74 Å². The highest BCUT2D eigenvalue weighted by Gasteiger charge is 2.20. The molecule has 1 fully saturated rings. The number of methoxy groups -OCH3 is 1. The van der Waals surface area contributed by atoms with E-state index in [1.54, 1.807) is 7.11 Å². The molecule has 0 aromatic carbocycles. The molecule has 0 amide bonds. The van der Waals surface area contributed by atoms with Crippen LogP contribution in [0.3, 0.4) is 0 Å². The summed E-state index contributed by atoms with van der Waals surface area (Å²) < 4.78 is 5.18. The molecule has 0 bridgehead atoms. The first-order valence-corrected chi connectivity index (χ1v) is 6.83. The van der Waals surface area contributed by atoms with Crippen molar-refractivity contribution >= 4 is 5.82 Å². The lowest BCUT2D eigenvalue weighted by molar-refractivity contribution is 0.394. The van der Waals surface area contributed by atoms with Crippen LogP contribution in [-0.2, 0) is 0 Å². The maximum absolute atomic E-state index is 5.18. The molecule has 100 valence electrons. The van der Waals surface area contributed by atoms with Gasteiger partial charge in [-0.25, -0.2) is 0 Å². The maximum Gasteiger partial charge on any atom is 0.214 e. The van der Waals surface area contributed by atoms with Crippen LogP contribution in [0.1, 0.15) is 26.2 Å². The molecule has 1 unspecified atom stereocenters. The summed E-state index contributed by atoms with van der Waals surface area (Å²) in [4.78, 5) is 6.85. The molecule has 0 aliphatic carbocycles. The molecule has 1 aliphatic rings. The van der Waals surface area contributed by atoms with Crippen molar-refractivity contribution in [2.75, 3.05) is 31.6 Å². The van der Waals surface area contributed by atoms with Crippen molar-refractivity contribution in [2.45, 2.75) is 32.2 Å². The molecule has 2 heterocycles. The molecule has 1 aromatic heterocycles. The summed E-state index contributed by atoms with van der Waals surface area (Å²) in [6.45, 7) is 5.44. The minimum absolute atomic E-state index is 0.590. The second kappa shape index (κ2) is 6.59. The van der Waals surface area contributed by atoms with Gasteiger partial charge < -0.3 is 15.0 Å². The number of rotatable bonds is 5. The second-order valence-corrected chi connectivity index (χ2v) is 4.78. The zero-order valence-electron chi connectivity index (χ0n) is 11.4. The minimum atomic E-state index is 0.590. The summed E-state index contributed by atoms with van der Waals surface area (Å²) in [5, 5.41) is 3.60. The van der Waals surface area contributed by atoms with Crippen LogP contribution in [0.5, 0.6) is 5.88 Å². The van der Waals surface area contributed by atoms with Gasteiger partial charge in [0, 0.05) is 25.2 Å². The number of hydrogen-bond acceptors (Lipinski definition) is 4. The highest BCUT2D eigenvalue weighted by atomic mass is 16.5. The van der Waals surface area contributed by atoms with E-state index in [-0.39, 0.29) is 0 Å². The van der Waals surface area contributed by atoms with E-state index in [0.717, 1.165) is 25.5 Å². The molecule has 4 heteroatoms. The quantitative estimate of drug-likeness (QED) is 0.866. The largest absolute Gasteiger partial charge is 0.481 e. The van der Waals surface area contributed by atoms with Gasteiger partial charge in [-0.1, -0.05) is 13.0 Å². The predicted molar refractivity (Wildman–Crippen MR) is 74.3 cm³/mol. The molecule has 1 aromatic rings. The Balaban J connectivity index is 1.98. The van der Waals surface area contributed by atoms with E-state index in [4.69, 9.17) is 4.74 Å². The molecule has 0 spiro atoms. The van der Waals surface area contributed by atoms with Gasteiger partial charge in [0.25, 0.3) is 0 Å². The summed E-state index contributed by atoms with van der Waals surface area (Å²) in [6.07, 6.45) is 3.68. The number of ether oxygens (including phenoxy) is 1. The Bertz CT molecular complexity index is 370. The van der Waals surface area contributed by atoms with Crippen LogP contribution in [0.4, 0.5) is 5.82 Å². The van der Waals surface area contributed by atoms with E-state index >= 15 is 0 Å². The first kappa shape index (κ1) is 13.1.